The summed E-state index contributed by atoms with van der Waals surface area (Å²) in [5, 5.41) is 9.01. The van der Waals surface area contributed by atoms with Gasteiger partial charge in [0.1, 0.15) is 11.8 Å². The maximum absolute atomic E-state index is 9.01. The highest BCUT2D eigenvalue weighted by Gasteiger charge is 2.18. The van der Waals surface area contributed by atoms with Crippen LogP contribution in [-0.4, -0.2) is 13.7 Å². The van der Waals surface area contributed by atoms with Crippen LogP contribution in [0.1, 0.15) is 16.7 Å². The molecular formula is C17H16N2O. The van der Waals surface area contributed by atoms with Crippen LogP contribution < -0.4 is 9.64 Å². The Morgan fingerprint density at radius 1 is 1.25 bits per heavy atom. The highest BCUT2D eigenvalue weighted by atomic mass is 16.5. The fraction of sp³-hybridized carbons (Fsp3) is 0.235. The SMILES string of the molecule is COc1cc(CN2CCc3ccccc32)ccc1C#N. The highest BCUT2D eigenvalue weighted by Crippen LogP contribution is 2.29. The van der Waals surface area contributed by atoms with Crippen LogP contribution in [0.2, 0.25) is 0 Å². The molecule has 0 spiro atoms. The molecule has 0 saturated heterocycles. The summed E-state index contributed by atoms with van der Waals surface area (Å²) in [5.74, 6) is 0.650. The van der Waals surface area contributed by atoms with E-state index in [0.717, 1.165) is 25.1 Å². The van der Waals surface area contributed by atoms with Crippen molar-refractivity contribution in [2.24, 2.45) is 0 Å². The molecule has 1 aliphatic heterocycles. The Hall–Kier alpha value is -2.47. The molecule has 2 aromatic rings. The lowest BCUT2D eigenvalue weighted by molar-refractivity contribution is 0.413. The number of hydrogen-bond acceptors (Lipinski definition) is 3. The van der Waals surface area contributed by atoms with Gasteiger partial charge in [-0.25, -0.2) is 0 Å². The van der Waals surface area contributed by atoms with Gasteiger partial charge in [0, 0.05) is 18.8 Å². The lowest BCUT2D eigenvalue weighted by atomic mass is 10.1. The summed E-state index contributed by atoms with van der Waals surface area (Å²) in [6, 6.07) is 16.5. The molecule has 0 amide bonds. The van der Waals surface area contributed by atoms with Gasteiger partial charge in [-0.15, -0.1) is 0 Å². The Kier molecular flexibility index (Phi) is 3.30. The van der Waals surface area contributed by atoms with Crippen molar-refractivity contribution in [1.29, 1.82) is 5.26 Å². The molecule has 0 bridgehead atoms. The summed E-state index contributed by atoms with van der Waals surface area (Å²) in [5.41, 5.74) is 4.47. The average Bonchev–Trinajstić information content (AvgIpc) is 2.90. The number of nitrogens with zero attached hydrogens (tertiary/aromatic N) is 2. The van der Waals surface area contributed by atoms with Crippen LogP contribution in [0, 0.1) is 11.3 Å². The molecule has 0 aliphatic carbocycles. The van der Waals surface area contributed by atoms with Gasteiger partial charge in [-0.05, 0) is 35.7 Å². The van der Waals surface area contributed by atoms with Crippen molar-refractivity contribution < 1.29 is 4.74 Å². The van der Waals surface area contributed by atoms with Gasteiger partial charge in [0.05, 0.1) is 12.7 Å². The molecule has 0 atom stereocenters. The number of hydrogen-bond donors (Lipinski definition) is 0. The van der Waals surface area contributed by atoms with Crippen LogP contribution in [-0.2, 0) is 13.0 Å². The second-order valence-electron chi connectivity index (χ2n) is 4.95. The molecule has 0 fully saturated rings. The second-order valence-corrected chi connectivity index (χ2v) is 4.95. The minimum absolute atomic E-state index is 0.582. The first-order valence-electron chi connectivity index (χ1n) is 6.71. The minimum atomic E-state index is 0.582. The summed E-state index contributed by atoms with van der Waals surface area (Å²) in [7, 11) is 1.60. The van der Waals surface area contributed by atoms with Gasteiger partial charge in [0.2, 0.25) is 0 Å². The maximum atomic E-state index is 9.01. The number of methoxy groups -OCH3 is 1. The minimum Gasteiger partial charge on any atom is -0.495 e. The molecule has 3 heteroatoms. The summed E-state index contributed by atoms with van der Waals surface area (Å²) in [4.78, 5) is 2.37. The molecule has 0 aromatic heterocycles. The number of anilines is 1. The number of benzene rings is 2. The molecule has 3 nitrogen and oxygen atoms in total. The van der Waals surface area contributed by atoms with Crippen LogP contribution in [0.25, 0.3) is 0 Å². The van der Waals surface area contributed by atoms with E-state index in [9.17, 15) is 0 Å². The standard InChI is InChI=1S/C17H16N2O/c1-20-17-10-13(6-7-15(17)11-18)12-19-9-8-14-4-2-3-5-16(14)19/h2-7,10H,8-9,12H2,1H3. The highest BCUT2D eigenvalue weighted by molar-refractivity contribution is 5.58. The molecule has 20 heavy (non-hydrogen) atoms. The Balaban J connectivity index is 1.85. The number of ether oxygens (including phenoxy) is 1. The molecule has 0 saturated carbocycles. The number of para-hydroxylation sites is 1. The monoisotopic (exact) mass is 264 g/mol. The van der Waals surface area contributed by atoms with Crippen molar-refractivity contribution >= 4 is 5.69 Å². The zero-order chi connectivity index (χ0) is 13.9. The van der Waals surface area contributed by atoms with Gasteiger partial charge in [-0.1, -0.05) is 24.3 Å². The second kappa shape index (κ2) is 5.26. The maximum Gasteiger partial charge on any atom is 0.136 e. The van der Waals surface area contributed by atoms with Gasteiger partial charge in [0.15, 0.2) is 0 Å². The van der Waals surface area contributed by atoms with Crippen molar-refractivity contribution in [1.82, 2.24) is 0 Å². The third kappa shape index (κ3) is 2.21. The first-order chi connectivity index (χ1) is 9.81. The van der Waals surface area contributed by atoms with Crippen LogP contribution in [0.5, 0.6) is 5.75 Å². The van der Waals surface area contributed by atoms with Crippen molar-refractivity contribution in [3.8, 4) is 11.8 Å². The quantitative estimate of drug-likeness (QED) is 0.854. The molecule has 100 valence electrons. The molecule has 0 N–H and O–H groups in total. The van der Waals surface area contributed by atoms with E-state index in [0.29, 0.717) is 11.3 Å². The third-order valence-corrected chi connectivity index (χ3v) is 3.74. The topological polar surface area (TPSA) is 36.3 Å². The molecule has 1 heterocycles. The predicted octanol–water partition coefficient (Wildman–Crippen LogP) is 3.13. The first-order valence-corrected chi connectivity index (χ1v) is 6.71. The summed E-state index contributed by atoms with van der Waals surface area (Å²) >= 11 is 0. The predicted molar refractivity (Wildman–Crippen MR) is 78.9 cm³/mol. The molecule has 0 unspecified atom stereocenters. The lowest BCUT2D eigenvalue weighted by Gasteiger charge is -2.20. The largest absolute Gasteiger partial charge is 0.495 e. The van der Waals surface area contributed by atoms with Crippen LogP contribution in [0.15, 0.2) is 42.5 Å². The van der Waals surface area contributed by atoms with Crippen LogP contribution >= 0.6 is 0 Å². The van der Waals surface area contributed by atoms with Gasteiger partial charge in [-0.3, -0.25) is 0 Å². The van der Waals surface area contributed by atoms with E-state index < -0.39 is 0 Å². The van der Waals surface area contributed by atoms with Crippen LogP contribution in [0.4, 0.5) is 5.69 Å². The summed E-state index contributed by atoms with van der Waals surface area (Å²) < 4.78 is 5.27. The van der Waals surface area contributed by atoms with E-state index >= 15 is 0 Å². The lowest BCUT2D eigenvalue weighted by Crippen LogP contribution is -2.19. The molecule has 1 aliphatic rings. The number of nitriles is 1. The zero-order valence-corrected chi connectivity index (χ0v) is 11.5. The van der Waals surface area contributed by atoms with Gasteiger partial charge < -0.3 is 9.64 Å². The third-order valence-electron chi connectivity index (χ3n) is 3.74. The Labute approximate surface area is 119 Å². The van der Waals surface area contributed by atoms with Crippen molar-refractivity contribution in [2.45, 2.75) is 13.0 Å². The summed E-state index contributed by atoms with van der Waals surface area (Å²) in [6.07, 6.45) is 1.10. The molecule has 2 aromatic carbocycles. The number of fused-ring (bicyclic) bond motifs is 1. The average molecular weight is 264 g/mol. The van der Waals surface area contributed by atoms with E-state index in [1.165, 1.54) is 11.3 Å². The smallest absolute Gasteiger partial charge is 0.136 e. The first kappa shape index (κ1) is 12.6. The van der Waals surface area contributed by atoms with Crippen LogP contribution in [0.3, 0.4) is 0 Å². The Bertz CT molecular complexity index is 673. The normalized spacial score (nSPS) is 12.9. The molecule has 0 radical (unpaired) electrons. The van der Waals surface area contributed by atoms with Gasteiger partial charge >= 0.3 is 0 Å². The van der Waals surface area contributed by atoms with E-state index in [-0.39, 0.29) is 0 Å². The van der Waals surface area contributed by atoms with Gasteiger partial charge in [-0.2, -0.15) is 5.26 Å². The fourth-order valence-corrected chi connectivity index (χ4v) is 2.72. The Morgan fingerprint density at radius 2 is 2.10 bits per heavy atom. The van der Waals surface area contributed by atoms with Gasteiger partial charge in [0.25, 0.3) is 0 Å². The zero-order valence-electron chi connectivity index (χ0n) is 11.5. The molecular weight excluding hydrogens is 248 g/mol. The molecule has 3 rings (SSSR count). The van der Waals surface area contributed by atoms with E-state index in [2.05, 4.69) is 35.2 Å². The fourth-order valence-electron chi connectivity index (χ4n) is 2.72. The Morgan fingerprint density at radius 3 is 2.90 bits per heavy atom. The van der Waals surface area contributed by atoms with E-state index in [1.54, 1.807) is 7.11 Å². The number of rotatable bonds is 3. The van der Waals surface area contributed by atoms with Crippen molar-refractivity contribution in [3.63, 3.8) is 0 Å². The summed E-state index contributed by atoms with van der Waals surface area (Å²) in [6.45, 7) is 1.89. The van der Waals surface area contributed by atoms with Crippen molar-refractivity contribution in [2.75, 3.05) is 18.6 Å². The van der Waals surface area contributed by atoms with Crippen molar-refractivity contribution in [3.05, 3.63) is 59.2 Å². The van der Waals surface area contributed by atoms with E-state index in [1.807, 2.05) is 18.2 Å². The van der Waals surface area contributed by atoms with E-state index in [4.69, 9.17) is 10.00 Å².